The quantitative estimate of drug-likeness (QED) is 0.584. The van der Waals surface area contributed by atoms with Crippen LogP contribution in [0.25, 0.3) is 11.1 Å². The fourth-order valence-electron chi connectivity index (χ4n) is 5.34. The number of fused-ring (bicyclic) bond motifs is 1. The topological polar surface area (TPSA) is 95.0 Å². The Morgan fingerprint density at radius 3 is 2.78 bits per heavy atom. The number of benzene rings is 1. The third-order valence-corrected chi connectivity index (χ3v) is 7.37. The molecule has 5 rings (SSSR count). The van der Waals surface area contributed by atoms with Gasteiger partial charge in [0.25, 0.3) is 5.91 Å². The van der Waals surface area contributed by atoms with E-state index in [1.807, 2.05) is 45.2 Å². The maximum Gasteiger partial charge on any atom is 0.407 e. The van der Waals surface area contributed by atoms with Crippen molar-refractivity contribution in [3.63, 3.8) is 0 Å². The van der Waals surface area contributed by atoms with Gasteiger partial charge in [0.1, 0.15) is 17.2 Å². The van der Waals surface area contributed by atoms with Crippen LogP contribution in [0.2, 0.25) is 0 Å². The Hall–Kier alpha value is -3.72. The number of anilines is 1. The number of aromatic nitrogens is 1. The van der Waals surface area contributed by atoms with Crippen LogP contribution in [0.5, 0.6) is 0 Å². The molecule has 194 valence electrons. The molecule has 0 saturated carbocycles. The first kappa shape index (κ1) is 25.0. The molecule has 1 aromatic carbocycles. The Bertz CT molecular complexity index is 1300. The van der Waals surface area contributed by atoms with Crippen LogP contribution in [0.4, 0.5) is 14.9 Å². The van der Waals surface area contributed by atoms with Crippen molar-refractivity contribution in [2.24, 2.45) is 0 Å². The lowest BCUT2D eigenvalue weighted by atomic mass is 9.93. The summed E-state index contributed by atoms with van der Waals surface area (Å²) in [7, 11) is 0. The Morgan fingerprint density at radius 1 is 1.27 bits per heavy atom. The number of carbonyl (C=O) groups is 2. The maximum absolute atomic E-state index is 13.6. The van der Waals surface area contributed by atoms with Gasteiger partial charge in [0.2, 0.25) is 0 Å². The predicted molar refractivity (Wildman–Crippen MR) is 138 cm³/mol. The van der Waals surface area contributed by atoms with Gasteiger partial charge in [-0.1, -0.05) is 13.0 Å². The minimum atomic E-state index is -0.845. The summed E-state index contributed by atoms with van der Waals surface area (Å²) in [6.45, 7) is 8.71. The van der Waals surface area contributed by atoms with E-state index in [1.54, 1.807) is 11.0 Å². The molecule has 4 heterocycles. The number of amides is 2. The number of hydrogen-bond acceptors (Lipinski definition) is 5. The van der Waals surface area contributed by atoms with E-state index in [9.17, 15) is 19.1 Å². The number of rotatable bonds is 5. The molecular formula is C28H31FN4O4. The lowest BCUT2D eigenvalue weighted by Crippen LogP contribution is -2.54. The van der Waals surface area contributed by atoms with Crippen LogP contribution in [0, 0.1) is 5.82 Å². The molecular weight excluding hydrogens is 475 g/mol. The van der Waals surface area contributed by atoms with E-state index in [0.29, 0.717) is 29.1 Å². The second-order valence-corrected chi connectivity index (χ2v) is 10.2. The number of piperazine rings is 1. The van der Waals surface area contributed by atoms with Gasteiger partial charge in [-0.3, -0.25) is 14.7 Å². The molecule has 8 nitrogen and oxygen atoms in total. The van der Waals surface area contributed by atoms with Crippen molar-refractivity contribution < 1.29 is 23.8 Å². The van der Waals surface area contributed by atoms with Crippen molar-refractivity contribution in [3.05, 3.63) is 71.0 Å². The molecule has 37 heavy (non-hydrogen) atoms. The van der Waals surface area contributed by atoms with E-state index in [1.165, 1.54) is 12.1 Å². The zero-order valence-electron chi connectivity index (χ0n) is 21.3. The van der Waals surface area contributed by atoms with Crippen molar-refractivity contribution >= 4 is 28.8 Å². The molecule has 0 bridgehead atoms. The van der Waals surface area contributed by atoms with Crippen molar-refractivity contribution in [1.29, 1.82) is 0 Å². The second kappa shape index (κ2) is 9.63. The highest BCUT2D eigenvalue weighted by Gasteiger charge is 2.38. The van der Waals surface area contributed by atoms with Gasteiger partial charge in [0, 0.05) is 67.2 Å². The van der Waals surface area contributed by atoms with Gasteiger partial charge in [-0.05, 0) is 50.6 Å². The van der Waals surface area contributed by atoms with Crippen LogP contribution in [0.1, 0.15) is 44.0 Å². The molecule has 0 aliphatic carbocycles. The Labute approximate surface area is 215 Å². The van der Waals surface area contributed by atoms with E-state index in [-0.39, 0.29) is 11.9 Å². The van der Waals surface area contributed by atoms with Crippen molar-refractivity contribution in [3.8, 4) is 0 Å². The van der Waals surface area contributed by atoms with Crippen LogP contribution in [-0.2, 0) is 16.0 Å². The van der Waals surface area contributed by atoms with Gasteiger partial charge in [0.05, 0.1) is 11.3 Å². The van der Waals surface area contributed by atoms with Crippen molar-refractivity contribution in [1.82, 2.24) is 14.8 Å². The Balaban J connectivity index is 1.30. The summed E-state index contributed by atoms with van der Waals surface area (Å²) in [6, 6.07) is 8.28. The molecule has 0 radical (unpaired) electrons. The van der Waals surface area contributed by atoms with Gasteiger partial charge < -0.3 is 20.1 Å². The van der Waals surface area contributed by atoms with E-state index >= 15 is 0 Å². The molecule has 1 aromatic heterocycles. The predicted octanol–water partition coefficient (Wildman–Crippen LogP) is 4.39. The number of nitrogens with one attached hydrogen (secondary N) is 1. The average Bonchev–Trinajstić information content (AvgIpc) is 3.36. The lowest BCUT2D eigenvalue weighted by molar-refractivity contribution is -0.111. The fourth-order valence-corrected chi connectivity index (χ4v) is 5.34. The number of pyridine rings is 1. The first-order valence-corrected chi connectivity index (χ1v) is 12.6. The summed E-state index contributed by atoms with van der Waals surface area (Å²) in [6.07, 6.45) is 4.42. The molecule has 9 heteroatoms. The van der Waals surface area contributed by atoms with Crippen molar-refractivity contribution in [2.75, 3.05) is 31.5 Å². The van der Waals surface area contributed by atoms with Crippen LogP contribution in [-0.4, -0.2) is 69.7 Å². The zero-order valence-corrected chi connectivity index (χ0v) is 21.3. The average molecular weight is 507 g/mol. The third kappa shape index (κ3) is 4.83. The van der Waals surface area contributed by atoms with Gasteiger partial charge >= 0.3 is 6.09 Å². The molecule has 3 aliphatic heterocycles. The van der Waals surface area contributed by atoms with Gasteiger partial charge in [0.15, 0.2) is 0 Å². The second-order valence-electron chi connectivity index (χ2n) is 10.2. The van der Waals surface area contributed by atoms with Gasteiger partial charge in [-0.2, -0.15) is 0 Å². The van der Waals surface area contributed by atoms with Crippen LogP contribution < -0.4 is 5.32 Å². The molecule has 2 amide bonds. The number of ether oxygens (including phenoxy) is 1. The lowest BCUT2D eigenvalue weighted by Gasteiger charge is -2.39. The Kier molecular flexibility index (Phi) is 6.49. The minimum absolute atomic E-state index is 0.0226. The molecule has 0 spiro atoms. The minimum Gasteiger partial charge on any atom is -0.482 e. The third-order valence-electron chi connectivity index (χ3n) is 7.37. The highest BCUT2D eigenvalue weighted by molar-refractivity contribution is 6.32. The molecule has 1 saturated heterocycles. The monoisotopic (exact) mass is 506 g/mol. The molecule has 2 N–H and O–H groups in total. The SMILES string of the molecule is CCC1CN(CCc2ccc(C3=CC(=C4C(=O)Nc5cc(F)ccc54)OC3(C)C)cn2)CCN1C(=O)O. The molecule has 2 aromatic rings. The first-order valence-electron chi connectivity index (χ1n) is 12.6. The summed E-state index contributed by atoms with van der Waals surface area (Å²) in [5.74, 6) is -0.266. The van der Waals surface area contributed by atoms with Crippen molar-refractivity contribution in [2.45, 2.75) is 45.3 Å². The van der Waals surface area contributed by atoms with Gasteiger partial charge in [-0.15, -0.1) is 0 Å². The first-order chi connectivity index (χ1) is 17.7. The highest BCUT2D eigenvalue weighted by atomic mass is 19.1. The fraction of sp³-hybridized carbons (Fsp3) is 0.393. The van der Waals surface area contributed by atoms with E-state index in [0.717, 1.165) is 49.3 Å². The normalized spacial score (nSPS) is 22.9. The number of carboxylic acid groups (broad SMARTS) is 1. The van der Waals surface area contributed by atoms with Crippen LogP contribution >= 0.6 is 0 Å². The molecule has 1 unspecified atom stereocenters. The standard InChI is InChI=1S/C28H31FN4O4/c1-4-20-16-32(11-12-33(20)27(35)36)10-9-19-7-5-17(15-30-19)22-14-24(37-28(22,2)3)25-21-8-6-18(29)13-23(21)31-26(25)34/h5-8,13-15,20H,4,9-12,16H2,1-3H3,(H,31,34)(H,35,36). The summed E-state index contributed by atoms with van der Waals surface area (Å²) < 4.78 is 19.8. The molecule has 1 atom stereocenters. The summed E-state index contributed by atoms with van der Waals surface area (Å²) in [4.78, 5) is 32.6. The highest BCUT2D eigenvalue weighted by Crippen LogP contribution is 2.44. The largest absolute Gasteiger partial charge is 0.482 e. The van der Waals surface area contributed by atoms with Crippen LogP contribution in [0.15, 0.2) is 48.4 Å². The maximum atomic E-state index is 13.6. The van der Waals surface area contributed by atoms with E-state index < -0.39 is 17.5 Å². The summed E-state index contributed by atoms with van der Waals surface area (Å²) in [5.41, 5.74) is 3.56. The van der Waals surface area contributed by atoms with Crippen LogP contribution in [0.3, 0.4) is 0 Å². The number of nitrogens with zero attached hydrogens (tertiary/aromatic N) is 3. The smallest absolute Gasteiger partial charge is 0.407 e. The van der Waals surface area contributed by atoms with E-state index in [4.69, 9.17) is 4.74 Å². The van der Waals surface area contributed by atoms with E-state index in [2.05, 4.69) is 15.2 Å². The van der Waals surface area contributed by atoms with Gasteiger partial charge in [-0.25, -0.2) is 9.18 Å². The Morgan fingerprint density at radius 2 is 2.08 bits per heavy atom. The number of carbonyl (C=O) groups excluding carboxylic acids is 1. The molecule has 1 fully saturated rings. The summed E-state index contributed by atoms with van der Waals surface area (Å²) >= 11 is 0. The number of hydrogen-bond donors (Lipinski definition) is 2. The zero-order chi connectivity index (χ0) is 26.3. The summed E-state index contributed by atoms with van der Waals surface area (Å²) in [5, 5.41) is 12.1. The molecule has 3 aliphatic rings. The number of halogens is 1. The number of allylic oxidation sites excluding steroid dienone is 1.